The van der Waals surface area contributed by atoms with E-state index in [9.17, 15) is 18.4 Å². The number of halogens is 3. The number of piperazine rings is 1. The number of nitriles is 1. The van der Waals surface area contributed by atoms with Crippen molar-refractivity contribution < 1.29 is 13.2 Å². The highest BCUT2D eigenvalue weighted by Gasteiger charge is 2.31. The summed E-state index contributed by atoms with van der Waals surface area (Å²) in [4.78, 5) is 22.3. The zero-order valence-electron chi connectivity index (χ0n) is 20.1. The first-order valence-electron chi connectivity index (χ1n) is 11.8. The van der Waals surface area contributed by atoms with Crippen molar-refractivity contribution in [3.63, 3.8) is 0 Å². The summed E-state index contributed by atoms with van der Waals surface area (Å²) in [5, 5.41) is 16.4. The highest BCUT2D eigenvalue weighted by molar-refractivity contribution is 5.94. The summed E-state index contributed by atoms with van der Waals surface area (Å²) < 4.78 is 39.8. The number of rotatable bonds is 5. The largest absolute Gasteiger partial charge is 0.417 e. The molecule has 3 N–H and O–H groups in total. The van der Waals surface area contributed by atoms with Gasteiger partial charge in [-0.15, -0.1) is 0 Å². The summed E-state index contributed by atoms with van der Waals surface area (Å²) in [6.07, 6.45) is 0.866. The Balaban J connectivity index is 1.41. The summed E-state index contributed by atoms with van der Waals surface area (Å²) >= 11 is 0. The van der Waals surface area contributed by atoms with Crippen molar-refractivity contribution in [3.05, 3.63) is 59.7 Å². The van der Waals surface area contributed by atoms with Crippen LogP contribution in [0.4, 0.5) is 24.9 Å². The van der Waals surface area contributed by atoms with Gasteiger partial charge in [0.25, 0.3) is 0 Å². The molecule has 5 rings (SSSR count). The molecular weight excluding hydrogens is 483 g/mol. The molecule has 190 valence electrons. The number of nitrogens with zero attached hydrogens (tertiary/aromatic N) is 6. The Hall–Kier alpha value is -4.24. The van der Waals surface area contributed by atoms with Crippen molar-refractivity contribution in [1.82, 2.24) is 30.2 Å². The summed E-state index contributed by atoms with van der Waals surface area (Å²) in [5.74, 6) is 1.14. The minimum Gasteiger partial charge on any atom is -0.354 e. The minimum absolute atomic E-state index is 0.132. The third kappa shape index (κ3) is 5.03. The molecule has 37 heavy (non-hydrogen) atoms. The number of aromatic amines is 1. The van der Waals surface area contributed by atoms with Gasteiger partial charge in [-0.05, 0) is 31.5 Å². The van der Waals surface area contributed by atoms with Gasteiger partial charge in [0.2, 0.25) is 5.95 Å². The van der Waals surface area contributed by atoms with Gasteiger partial charge in [-0.3, -0.25) is 0 Å². The average molecular weight is 508 g/mol. The third-order valence-electron chi connectivity index (χ3n) is 6.33. The molecule has 1 fully saturated rings. The van der Waals surface area contributed by atoms with Crippen LogP contribution in [0.1, 0.15) is 36.6 Å². The zero-order valence-corrected chi connectivity index (χ0v) is 20.1. The molecule has 0 bridgehead atoms. The van der Waals surface area contributed by atoms with Crippen molar-refractivity contribution in [2.45, 2.75) is 32.1 Å². The number of alkyl halides is 3. The highest BCUT2D eigenvalue weighted by atomic mass is 19.4. The lowest BCUT2D eigenvalue weighted by molar-refractivity contribution is -0.137. The lowest BCUT2D eigenvalue weighted by atomic mass is 10.1. The number of aromatic nitrogens is 5. The van der Waals surface area contributed by atoms with Gasteiger partial charge in [0.1, 0.15) is 17.5 Å². The van der Waals surface area contributed by atoms with E-state index in [0.717, 1.165) is 43.3 Å². The predicted molar refractivity (Wildman–Crippen MR) is 133 cm³/mol. The van der Waals surface area contributed by atoms with E-state index >= 15 is 0 Å². The Kier molecular flexibility index (Phi) is 6.39. The standard InChI is InChI=1S/C25H24F3N9/c1-14-13-37(6-5-30-14)21-4-3-16(9-31-21)15(2)35-24-34-10-17(8-29)22(36-24)20-12-33-23-19(20)7-18(11-32-23)25(26,27)28/h3-4,7,9-12,14-15,30H,5-6,13H2,1-2H3,(H,32,33)(H,34,35,36)/t14-,15?/m1/s1. The van der Waals surface area contributed by atoms with E-state index in [-0.39, 0.29) is 34.3 Å². The molecule has 0 saturated carbocycles. The summed E-state index contributed by atoms with van der Waals surface area (Å²) in [5.41, 5.74) is 0.964. The molecule has 1 saturated heterocycles. The van der Waals surface area contributed by atoms with Gasteiger partial charge in [0.05, 0.1) is 29.1 Å². The molecule has 0 aliphatic carbocycles. The number of H-pyrrole nitrogens is 1. The number of fused-ring (bicyclic) bond motifs is 1. The zero-order chi connectivity index (χ0) is 26.2. The second-order valence-corrected chi connectivity index (χ2v) is 9.00. The van der Waals surface area contributed by atoms with Crippen LogP contribution in [0.2, 0.25) is 0 Å². The molecule has 1 aliphatic heterocycles. The van der Waals surface area contributed by atoms with Crippen molar-refractivity contribution in [2.24, 2.45) is 0 Å². The van der Waals surface area contributed by atoms with E-state index in [1.54, 1.807) is 6.20 Å². The molecule has 0 aromatic carbocycles. The maximum atomic E-state index is 13.3. The summed E-state index contributed by atoms with van der Waals surface area (Å²) in [6.45, 7) is 6.75. The summed E-state index contributed by atoms with van der Waals surface area (Å²) in [6, 6.07) is 7.16. The van der Waals surface area contributed by atoms with Gasteiger partial charge in [0.15, 0.2) is 0 Å². The van der Waals surface area contributed by atoms with Gasteiger partial charge in [-0.2, -0.15) is 18.4 Å². The van der Waals surface area contributed by atoms with E-state index in [0.29, 0.717) is 11.6 Å². The van der Waals surface area contributed by atoms with E-state index in [4.69, 9.17) is 0 Å². The molecule has 5 heterocycles. The van der Waals surface area contributed by atoms with E-state index in [1.807, 2.05) is 25.1 Å². The van der Waals surface area contributed by atoms with E-state index in [1.165, 1.54) is 12.4 Å². The van der Waals surface area contributed by atoms with Crippen molar-refractivity contribution in [1.29, 1.82) is 5.26 Å². The van der Waals surface area contributed by atoms with Crippen molar-refractivity contribution >= 4 is 22.8 Å². The first kappa shape index (κ1) is 24.5. The monoisotopic (exact) mass is 507 g/mol. The topological polar surface area (TPSA) is 118 Å². The molecule has 12 heteroatoms. The first-order chi connectivity index (χ1) is 17.7. The first-order valence-corrected chi connectivity index (χ1v) is 11.8. The molecular formula is C25H24F3N9. The number of hydrogen-bond donors (Lipinski definition) is 3. The Labute approximate surface area is 210 Å². The molecule has 4 aromatic rings. The molecule has 2 atom stereocenters. The Morgan fingerprint density at radius 3 is 2.73 bits per heavy atom. The molecule has 9 nitrogen and oxygen atoms in total. The average Bonchev–Trinajstić information content (AvgIpc) is 3.31. The third-order valence-corrected chi connectivity index (χ3v) is 6.33. The Morgan fingerprint density at radius 1 is 1.19 bits per heavy atom. The van der Waals surface area contributed by atoms with Crippen LogP contribution < -0.4 is 15.5 Å². The Morgan fingerprint density at radius 2 is 2.03 bits per heavy atom. The fourth-order valence-corrected chi connectivity index (χ4v) is 4.35. The van der Waals surface area contributed by atoms with Gasteiger partial charge in [-0.25, -0.2) is 19.9 Å². The second kappa shape index (κ2) is 9.67. The quantitative estimate of drug-likeness (QED) is 0.366. The number of nitrogens with one attached hydrogen (secondary N) is 3. The Bertz CT molecular complexity index is 1460. The fourth-order valence-electron chi connectivity index (χ4n) is 4.35. The molecule has 0 radical (unpaired) electrons. The van der Waals surface area contributed by atoms with Crippen LogP contribution in [0.25, 0.3) is 22.3 Å². The maximum absolute atomic E-state index is 13.3. The van der Waals surface area contributed by atoms with E-state index < -0.39 is 11.7 Å². The minimum atomic E-state index is -4.55. The second-order valence-electron chi connectivity index (χ2n) is 9.00. The number of hydrogen-bond acceptors (Lipinski definition) is 8. The van der Waals surface area contributed by atoms with Crippen molar-refractivity contribution in [2.75, 3.05) is 29.9 Å². The van der Waals surface area contributed by atoms with E-state index in [2.05, 4.69) is 47.4 Å². The normalized spacial score (nSPS) is 17.0. The highest BCUT2D eigenvalue weighted by Crippen LogP contribution is 2.35. The van der Waals surface area contributed by atoms with Crippen LogP contribution in [0.5, 0.6) is 0 Å². The van der Waals surface area contributed by atoms with Crippen LogP contribution in [-0.2, 0) is 6.18 Å². The molecule has 4 aromatic heterocycles. The predicted octanol–water partition coefficient (Wildman–Crippen LogP) is 4.28. The number of pyridine rings is 2. The lowest BCUT2D eigenvalue weighted by Crippen LogP contribution is -2.49. The van der Waals surface area contributed by atoms with Gasteiger partial charge in [0, 0.05) is 55.2 Å². The smallest absolute Gasteiger partial charge is 0.354 e. The lowest BCUT2D eigenvalue weighted by Gasteiger charge is -2.32. The maximum Gasteiger partial charge on any atom is 0.417 e. The molecule has 0 spiro atoms. The van der Waals surface area contributed by atoms with Crippen LogP contribution in [0.15, 0.2) is 43.0 Å². The summed E-state index contributed by atoms with van der Waals surface area (Å²) in [7, 11) is 0. The molecule has 1 aliphatic rings. The SMILES string of the molecule is CC(Nc1ncc(C#N)c(-c2c[nH]c3ncc(C(F)(F)F)cc23)n1)c1ccc(N2CCN[C@H](C)C2)nc1. The molecule has 1 unspecified atom stereocenters. The van der Waals surface area contributed by atoms with Crippen LogP contribution in [-0.4, -0.2) is 50.6 Å². The van der Waals surface area contributed by atoms with Crippen molar-refractivity contribution in [3.8, 4) is 17.3 Å². The van der Waals surface area contributed by atoms with Gasteiger partial charge >= 0.3 is 6.18 Å². The van der Waals surface area contributed by atoms with Gasteiger partial charge in [-0.1, -0.05) is 6.07 Å². The van der Waals surface area contributed by atoms with Crippen LogP contribution in [0.3, 0.4) is 0 Å². The van der Waals surface area contributed by atoms with Gasteiger partial charge < -0.3 is 20.5 Å². The van der Waals surface area contributed by atoms with Crippen LogP contribution >= 0.6 is 0 Å². The molecule has 0 amide bonds. The van der Waals surface area contributed by atoms with Crippen LogP contribution in [0, 0.1) is 11.3 Å². The number of anilines is 2. The fraction of sp³-hybridized carbons (Fsp3) is 0.320.